The Morgan fingerprint density at radius 1 is 1.21 bits per heavy atom. The Labute approximate surface area is 143 Å². The molecule has 0 saturated carbocycles. The molecule has 0 radical (unpaired) electrons. The molecule has 1 aromatic rings. The molecule has 3 rings (SSSR count). The summed E-state index contributed by atoms with van der Waals surface area (Å²) in [6, 6.07) is 0. The van der Waals surface area contributed by atoms with Gasteiger partial charge in [0.2, 0.25) is 0 Å². The van der Waals surface area contributed by atoms with Crippen LogP contribution in [0.5, 0.6) is 0 Å². The standard InChI is InChI=1S/C15H19N3O5S/c1-15(2,3)22-14(21)23-18-7-9-5-17(6-10(9)8-18)13-16-4-11(24-13)12(19)20/h4H,5-8H2,1-3H3,(H,19,20). The molecule has 8 nitrogen and oxygen atoms in total. The second kappa shape index (κ2) is 6.06. The Balaban J connectivity index is 1.53. The van der Waals surface area contributed by atoms with Crippen LogP contribution in [0.4, 0.5) is 9.93 Å². The molecule has 0 amide bonds. The molecule has 0 aliphatic carbocycles. The summed E-state index contributed by atoms with van der Waals surface area (Å²) in [5, 5.41) is 11.3. The summed E-state index contributed by atoms with van der Waals surface area (Å²) in [7, 11) is 0. The van der Waals surface area contributed by atoms with E-state index in [1.165, 1.54) is 17.3 Å². The molecule has 2 aliphatic rings. The topological polar surface area (TPSA) is 92.2 Å². The molecular formula is C15H19N3O5S. The third-order valence-corrected chi connectivity index (χ3v) is 4.61. The van der Waals surface area contributed by atoms with Gasteiger partial charge < -0.3 is 19.6 Å². The highest BCUT2D eigenvalue weighted by Gasteiger charge is 2.34. The predicted molar refractivity (Wildman–Crippen MR) is 87.2 cm³/mol. The van der Waals surface area contributed by atoms with Gasteiger partial charge in [0.1, 0.15) is 10.5 Å². The Hall–Kier alpha value is -2.13. The number of ether oxygens (including phenoxy) is 1. The summed E-state index contributed by atoms with van der Waals surface area (Å²) >= 11 is 1.16. The Bertz CT molecular complexity index is 688. The number of nitrogens with zero attached hydrogens (tertiary/aromatic N) is 3. The van der Waals surface area contributed by atoms with Crippen LogP contribution in [0.25, 0.3) is 0 Å². The number of carboxylic acid groups (broad SMARTS) is 1. The molecule has 1 N–H and O–H groups in total. The number of hydroxylamine groups is 2. The monoisotopic (exact) mass is 353 g/mol. The third-order valence-electron chi connectivity index (χ3n) is 3.57. The first kappa shape index (κ1) is 16.7. The highest BCUT2D eigenvalue weighted by molar-refractivity contribution is 7.17. The van der Waals surface area contributed by atoms with Crippen LogP contribution in [0.3, 0.4) is 0 Å². The van der Waals surface area contributed by atoms with E-state index in [2.05, 4.69) is 4.98 Å². The fourth-order valence-electron chi connectivity index (χ4n) is 2.63. The van der Waals surface area contributed by atoms with E-state index in [1.807, 2.05) is 4.90 Å². The van der Waals surface area contributed by atoms with Crippen molar-refractivity contribution in [3.63, 3.8) is 0 Å². The largest absolute Gasteiger partial charge is 0.528 e. The van der Waals surface area contributed by atoms with Gasteiger partial charge in [-0.3, -0.25) is 0 Å². The lowest BCUT2D eigenvalue weighted by Crippen LogP contribution is -2.34. The van der Waals surface area contributed by atoms with E-state index in [9.17, 15) is 9.59 Å². The number of aromatic carboxylic acids is 1. The van der Waals surface area contributed by atoms with Gasteiger partial charge in [-0.1, -0.05) is 11.3 Å². The van der Waals surface area contributed by atoms with Gasteiger partial charge in [-0.2, -0.15) is 0 Å². The second-order valence-corrected chi connectivity index (χ2v) is 7.74. The van der Waals surface area contributed by atoms with E-state index in [1.54, 1.807) is 25.8 Å². The maximum absolute atomic E-state index is 11.7. The van der Waals surface area contributed by atoms with Crippen molar-refractivity contribution in [3.05, 3.63) is 22.2 Å². The van der Waals surface area contributed by atoms with Gasteiger partial charge in [-0.25, -0.2) is 14.6 Å². The smallest absolute Gasteiger partial charge is 0.477 e. The lowest BCUT2D eigenvalue weighted by atomic mass is 10.2. The van der Waals surface area contributed by atoms with Crippen LogP contribution in [0, 0.1) is 0 Å². The van der Waals surface area contributed by atoms with E-state index < -0.39 is 17.7 Å². The van der Waals surface area contributed by atoms with E-state index in [-0.39, 0.29) is 4.88 Å². The molecule has 2 aliphatic heterocycles. The fourth-order valence-corrected chi connectivity index (χ4v) is 3.38. The molecule has 0 bridgehead atoms. The summed E-state index contributed by atoms with van der Waals surface area (Å²) in [4.78, 5) is 34.3. The van der Waals surface area contributed by atoms with Crippen molar-refractivity contribution >= 4 is 28.6 Å². The first-order valence-corrected chi connectivity index (χ1v) is 8.32. The lowest BCUT2D eigenvalue weighted by Gasteiger charge is -2.23. The first-order valence-electron chi connectivity index (χ1n) is 7.51. The second-order valence-electron chi connectivity index (χ2n) is 6.73. The van der Waals surface area contributed by atoms with Crippen LogP contribution in [0.15, 0.2) is 17.3 Å². The number of rotatable bonds is 3. The summed E-state index contributed by atoms with van der Waals surface area (Å²) in [6.45, 7) is 7.74. The zero-order valence-electron chi connectivity index (χ0n) is 13.7. The number of anilines is 1. The number of carboxylic acids is 1. The highest BCUT2D eigenvalue weighted by atomic mass is 32.1. The van der Waals surface area contributed by atoms with Crippen molar-refractivity contribution in [2.45, 2.75) is 26.4 Å². The molecule has 0 spiro atoms. The summed E-state index contributed by atoms with van der Waals surface area (Å²) in [5.41, 5.74) is 1.76. The van der Waals surface area contributed by atoms with Gasteiger partial charge in [0.05, 0.1) is 19.3 Å². The van der Waals surface area contributed by atoms with Crippen molar-refractivity contribution in [1.82, 2.24) is 10.0 Å². The van der Waals surface area contributed by atoms with Gasteiger partial charge in [0.15, 0.2) is 5.13 Å². The fraction of sp³-hybridized carbons (Fsp3) is 0.533. The van der Waals surface area contributed by atoms with Crippen molar-refractivity contribution in [1.29, 1.82) is 0 Å². The number of carbonyl (C=O) groups excluding carboxylic acids is 1. The molecule has 9 heteroatoms. The molecule has 0 atom stereocenters. The van der Waals surface area contributed by atoms with Gasteiger partial charge in [0, 0.05) is 13.1 Å². The van der Waals surface area contributed by atoms with Crippen LogP contribution in [-0.4, -0.2) is 59.1 Å². The zero-order chi connectivity index (χ0) is 17.5. The quantitative estimate of drug-likeness (QED) is 0.653. The third kappa shape index (κ3) is 3.68. The van der Waals surface area contributed by atoms with E-state index >= 15 is 0 Å². The Kier molecular flexibility index (Phi) is 4.22. The zero-order valence-corrected chi connectivity index (χ0v) is 14.6. The molecule has 0 unspecified atom stereocenters. The lowest BCUT2D eigenvalue weighted by molar-refractivity contribution is -0.128. The molecule has 130 valence electrons. The SMILES string of the molecule is CC(C)(C)OC(=O)ON1CC2=C(C1)CN(c1ncc(C(=O)O)s1)C2. The van der Waals surface area contributed by atoms with Crippen LogP contribution in [-0.2, 0) is 9.57 Å². The number of carbonyl (C=O) groups is 2. The summed E-state index contributed by atoms with van der Waals surface area (Å²) in [6.07, 6.45) is 0.676. The van der Waals surface area contributed by atoms with Gasteiger partial charge in [-0.05, 0) is 31.9 Å². The molecule has 3 heterocycles. The molecule has 0 saturated heterocycles. The number of aromatic nitrogens is 1. The van der Waals surface area contributed by atoms with E-state index in [0.29, 0.717) is 31.3 Å². The number of hydrogen-bond donors (Lipinski definition) is 1. The molecule has 0 fully saturated rings. The molecule has 24 heavy (non-hydrogen) atoms. The van der Waals surface area contributed by atoms with Crippen LogP contribution < -0.4 is 4.90 Å². The van der Waals surface area contributed by atoms with Crippen LogP contribution >= 0.6 is 11.3 Å². The minimum atomic E-state index is -0.963. The van der Waals surface area contributed by atoms with Crippen LogP contribution in [0.2, 0.25) is 0 Å². The maximum Gasteiger partial charge on any atom is 0.528 e. The molecule has 0 aromatic carbocycles. The first-order chi connectivity index (χ1) is 11.2. The minimum Gasteiger partial charge on any atom is -0.477 e. The summed E-state index contributed by atoms with van der Waals surface area (Å²) < 4.78 is 5.14. The average molecular weight is 353 g/mol. The number of hydrogen-bond acceptors (Lipinski definition) is 8. The highest BCUT2D eigenvalue weighted by Crippen LogP contribution is 2.32. The molecule has 1 aromatic heterocycles. The Morgan fingerprint density at radius 2 is 1.83 bits per heavy atom. The normalized spacial score (nSPS) is 18.0. The van der Waals surface area contributed by atoms with Crippen molar-refractivity contribution in [2.24, 2.45) is 0 Å². The van der Waals surface area contributed by atoms with E-state index in [4.69, 9.17) is 14.7 Å². The maximum atomic E-state index is 11.7. The van der Waals surface area contributed by atoms with Gasteiger partial charge >= 0.3 is 12.1 Å². The van der Waals surface area contributed by atoms with Crippen LogP contribution in [0.1, 0.15) is 30.4 Å². The Morgan fingerprint density at radius 3 is 2.33 bits per heavy atom. The average Bonchev–Trinajstić information content (AvgIpc) is 3.07. The molecular weight excluding hydrogens is 334 g/mol. The van der Waals surface area contributed by atoms with E-state index in [0.717, 1.165) is 11.3 Å². The van der Waals surface area contributed by atoms with Crippen molar-refractivity contribution in [3.8, 4) is 0 Å². The number of thiazole rings is 1. The van der Waals surface area contributed by atoms with Crippen molar-refractivity contribution < 1.29 is 24.3 Å². The van der Waals surface area contributed by atoms with Gasteiger partial charge in [-0.15, -0.1) is 5.06 Å². The van der Waals surface area contributed by atoms with Crippen molar-refractivity contribution in [2.75, 3.05) is 31.1 Å². The summed E-state index contributed by atoms with van der Waals surface area (Å²) in [5.74, 6) is -0.963. The van der Waals surface area contributed by atoms with Gasteiger partial charge in [0.25, 0.3) is 0 Å². The minimum absolute atomic E-state index is 0.229. The predicted octanol–water partition coefficient (Wildman–Crippen LogP) is 2.14.